The van der Waals surface area contributed by atoms with Crippen LogP contribution in [0.5, 0.6) is 0 Å². The summed E-state index contributed by atoms with van der Waals surface area (Å²) >= 11 is 7.57. The molecule has 0 aliphatic carbocycles. The number of rotatable bonds is 2. The molecule has 1 atom stereocenters. The predicted molar refractivity (Wildman–Crippen MR) is 134 cm³/mol. The molecular weight excluding hydrogens is 426 g/mol. The molecule has 1 N–H and O–H groups in total. The lowest BCUT2D eigenvalue weighted by atomic mass is 9.79. The molecule has 0 radical (unpaired) electrons. The van der Waals surface area contributed by atoms with Crippen molar-refractivity contribution >= 4 is 51.9 Å². The molecule has 31 heavy (non-hydrogen) atoms. The summed E-state index contributed by atoms with van der Waals surface area (Å²) < 4.78 is 0. The SMILES string of the molecule is Cc1cc2c(cc1/C=C1/SC(=Nc3cccc(Cl)c3C)NC1=O)C(C)CC(C)(C)N2C. The number of halogens is 1. The van der Waals surface area contributed by atoms with Crippen LogP contribution in [0.4, 0.5) is 11.4 Å². The minimum atomic E-state index is -0.119. The third-order valence-electron chi connectivity index (χ3n) is 6.42. The van der Waals surface area contributed by atoms with Gasteiger partial charge in [-0.3, -0.25) is 4.79 Å². The van der Waals surface area contributed by atoms with Crippen LogP contribution < -0.4 is 10.2 Å². The van der Waals surface area contributed by atoms with Gasteiger partial charge in [0.25, 0.3) is 5.91 Å². The number of carbonyl (C=O) groups is 1. The van der Waals surface area contributed by atoms with E-state index < -0.39 is 0 Å². The van der Waals surface area contributed by atoms with E-state index in [0.717, 1.165) is 28.8 Å². The summed E-state index contributed by atoms with van der Waals surface area (Å²) in [5.41, 5.74) is 6.65. The number of aryl methyl sites for hydroxylation is 1. The Morgan fingerprint density at radius 3 is 2.77 bits per heavy atom. The number of carbonyl (C=O) groups excluding carboxylic acids is 1. The molecule has 0 aromatic heterocycles. The number of nitrogens with zero attached hydrogens (tertiary/aromatic N) is 2. The molecule has 2 aliphatic heterocycles. The average Bonchev–Trinajstić information content (AvgIpc) is 3.03. The number of hydrogen-bond acceptors (Lipinski definition) is 4. The maximum Gasteiger partial charge on any atom is 0.264 e. The van der Waals surface area contributed by atoms with Crippen LogP contribution in [0.25, 0.3) is 6.08 Å². The van der Waals surface area contributed by atoms with Gasteiger partial charge < -0.3 is 10.2 Å². The zero-order valence-electron chi connectivity index (χ0n) is 18.8. The summed E-state index contributed by atoms with van der Waals surface area (Å²) in [6.07, 6.45) is 3.08. The van der Waals surface area contributed by atoms with Gasteiger partial charge in [-0.15, -0.1) is 0 Å². The maximum absolute atomic E-state index is 12.6. The van der Waals surface area contributed by atoms with E-state index in [-0.39, 0.29) is 11.4 Å². The lowest BCUT2D eigenvalue weighted by Gasteiger charge is -2.45. The Morgan fingerprint density at radius 2 is 2.03 bits per heavy atom. The van der Waals surface area contributed by atoms with Gasteiger partial charge in [0.15, 0.2) is 5.17 Å². The molecule has 0 spiro atoms. The van der Waals surface area contributed by atoms with E-state index >= 15 is 0 Å². The van der Waals surface area contributed by atoms with Crippen LogP contribution in [0, 0.1) is 13.8 Å². The Bertz CT molecular complexity index is 1140. The van der Waals surface area contributed by atoms with Gasteiger partial charge in [-0.05, 0) is 104 Å². The number of benzene rings is 2. The molecule has 0 saturated carbocycles. The lowest BCUT2D eigenvalue weighted by Crippen LogP contribution is -2.45. The molecule has 2 heterocycles. The van der Waals surface area contributed by atoms with Gasteiger partial charge in [0.2, 0.25) is 0 Å². The number of thioether (sulfide) groups is 1. The van der Waals surface area contributed by atoms with Crippen LogP contribution in [-0.2, 0) is 4.79 Å². The van der Waals surface area contributed by atoms with Gasteiger partial charge in [0.1, 0.15) is 0 Å². The smallest absolute Gasteiger partial charge is 0.264 e. The molecule has 1 unspecified atom stereocenters. The molecule has 2 aromatic carbocycles. The minimum Gasteiger partial charge on any atom is -0.369 e. The number of nitrogens with one attached hydrogen (secondary N) is 1. The third-order valence-corrected chi connectivity index (χ3v) is 7.74. The van der Waals surface area contributed by atoms with Gasteiger partial charge in [0.05, 0.1) is 10.6 Å². The Morgan fingerprint density at radius 1 is 1.29 bits per heavy atom. The fraction of sp³-hybridized carbons (Fsp3) is 0.360. The second-order valence-electron chi connectivity index (χ2n) is 9.11. The summed E-state index contributed by atoms with van der Waals surface area (Å²) in [4.78, 5) is 20.3. The Labute approximate surface area is 193 Å². The van der Waals surface area contributed by atoms with Crippen molar-refractivity contribution < 1.29 is 4.79 Å². The first kappa shape index (κ1) is 22.0. The number of fused-ring (bicyclic) bond motifs is 1. The van der Waals surface area contributed by atoms with Crippen LogP contribution in [0.1, 0.15) is 55.4 Å². The molecule has 4 nitrogen and oxygen atoms in total. The summed E-state index contributed by atoms with van der Waals surface area (Å²) in [6.45, 7) is 10.9. The van der Waals surface area contributed by atoms with E-state index in [2.05, 4.69) is 62.1 Å². The van der Waals surface area contributed by atoms with Gasteiger partial charge >= 0.3 is 0 Å². The lowest BCUT2D eigenvalue weighted by molar-refractivity contribution is -0.115. The van der Waals surface area contributed by atoms with E-state index in [1.807, 2.05) is 31.2 Å². The van der Waals surface area contributed by atoms with E-state index in [1.165, 1.54) is 23.0 Å². The van der Waals surface area contributed by atoms with Crippen molar-refractivity contribution in [1.82, 2.24) is 5.32 Å². The summed E-state index contributed by atoms with van der Waals surface area (Å²) in [6, 6.07) is 10.1. The monoisotopic (exact) mass is 453 g/mol. The number of amides is 1. The van der Waals surface area contributed by atoms with Crippen molar-refractivity contribution in [2.45, 2.75) is 52.5 Å². The number of hydrogen-bond donors (Lipinski definition) is 1. The predicted octanol–water partition coefficient (Wildman–Crippen LogP) is 6.57. The van der Waals surface area contributed by atoms with Gasteiger partial charge in [-0.1, -0.05) is 24.6 Å². The van der Waals surface area contributed by atoms with Crippen molar-refractivity contribution in [2.75, 3.05) is 11.9 Å². The normalized spacial score (nSPS) is 22.7. The molecule has 1 fully saturated rings. The quantitative estimate of drug-likeness (QED) is 0.523. The third kappa shape index (κ3) is 4.13. The van der Waals surface area contributed by atoms with Crippen molar-refractivity contribution in [1.29, 1.82) is 0 Å². The van der Waals surface area contributed by atoms with Crippen LogP contribution in [0.2, 0.25) is 5.02 Å². The Kier molecular flexibility index (Phi) is 5.69. The minimum absolute atomic E-state index is 0.119. The fourth-order valence-corrected chi connectivity index (χ4v) is 5.33. The first-order valence-electron chi connectivity index (χ1n) is 10.5. The van der Waals surface area contributed by atoms with Crippen LogP contribution in [0.3, 0.4) is 0 Å². The number of anilines is 1. The van der Waals surface area contributed by atoms with Crippen LogP contribution in [-0.4, -0.2) is 23.7 Å². The molecule has 0 bridgehead atoms. The summed E-state index contributed by atoms with van der Waals surface area (Å²) in [5.74, 6) is 0.346. The standard InChI is InChI=1S/C25H28ClN3OS/c1-14-10-21-18(15(2)13-25(4,5)29(21)6)11-17(14)12-22-23(30)28-24(31-22)27-20-9-7-8-19(26)16(20)3/h7-12,15H,13H2,1-6H3,(H,27,28,30)/b22-12+. The molecular formula is C25H28ClN3OS. The highest BCUT2D eigenvalue weighted by Crippen LogP contribution is 2.44. The molecule has 2 aromatic rings. The van der Waals surface area contributed by atoms with E-state index in [0.29, 0.717) is 21.0 Å². The largest absolute Gasteiger partial charge is 0.369 e. The molecule has 2 aliphatic rings. The summed E-state index contributed by atoms with van der Waals surface area (Å²) in [7, 11) is 2.17. The fourth-order valence-electron chi connectivity index (χ4n) is 4.34. The van der Waals surface area contributed by atoms with E-state index in [9.17, 15) is 4.79 Å². The Balaban J connectivity index is 1.67. The Hall–Kier alpha value is -2.24. The van der Waals surface area contributed by atoms with Crippen molar-refractivity contribution in [2.24, 2.45) is 4.99 Å². The van der Waals surface area contributed by atoms with E-state index in [1.54, 1.807) is 0 Å². The number of amidine groups is 1. The first-order chi connectivity index (χ1) is 14.6. The van der Waals surface area contributed by atoms with Crippen molar-refractivity contribution in [3.8, 4) is 0 Å². The zero-order chi connectivity index (χ0) is 22.5. The average molecular weight is 454 g/mol. The van der Waals surface area contributed by atoms with Crippen molar-refractivity contribution in [3.63, 3.8) is 0 Å². The second-order valence-corrected chi connectivity index (χ2v) is 10.5. The molecule has 6 heteroatoms. The van der Waals surface area contributed by atoms with Crippen LogP contribution >= 0.6 is 23.4 Å². The van der Waals surface area contributed by atoms with Gasteiger partial charge in [-0.2, -0.15) is 0 Å². The molecule has 4 rings (SSSR count). The zero-order valence-corrected chi connectivity index (χ0v) is 20.4. The highest BCUT2D eigenvalue weighted by Gasteiger charge is 2.34. The molecule has 1 amide bonds. The maximum atomic E-state index is 12.6. The first-order valence-corrected chi connectivity index (χ1v) is 11.7. The molecule has 162 valence electrons. The highest BCUT2D eigenvalue weighted by atomic mass is 35.5. The second kappa shape index (κ2) is 8.03. The van der Waals surface area contributed by atoms with Crippen molar-refractivity contribution in [3.05, 3.63) is 62.5 Å². The molecule has 1 saturated heterocycles. The van der Waals surface area contributed by atoms with Gasteiger partial charge in [-0.25, -0.2) is 4.99 Å². The summed E-state index contributed by atoms with van der Waals surface area (Å²) in [5, 5.41) is 4.12. The topological polar surface area (TPSA) is 44.7 Å². The highest BCUT2D eigenvalue weighted by molar-refractivity contribution is 8.18. The van der Waals surface area contributed by atoms with E-state index in [4.69, 9.17) is 11.6 Å². The van der Waals surface area contributed by atoms with Crippen LogP contribution in [0.15, 0.2) is 40.2 Å². The number of aliphatic imine (C=N–C) groups is 1. The van der Waals surface area contributed by atoms with Gasteiger partial charge in [0, 0.05) is 23.3 Å².